The lowest BCUT2D eigenvalue weighted by molar-refractivity contribution is -0.158. The molecule has 0 N–H and O–H groups in total. The second-order valence-corrected chi connectivity index (χ2v) is 8.29. The maximum atomic E-state index is 11.3. The first kappa shape index (κ1) is 25.5. The molecule has 0 aliphatic rings. The van der Waals surface area contributed by atoms with Crippen LogP contribution >= 0.6 is 11.6 Å². The Kier molecular flexibility index (Phi) is 9.85. The van der Waals surface area contributed by atoms with Crippen molar-refractivity contribution in [2.75, 3.05) is 25.7 Å². The quantitative estimate of drug-likeness (QED) is 0.254. The van der Waals surface area contributed by atoms with Gasteiger partial charge >= 0.3 is 11.9 Å². The standard InChI is InChI=1S/C25H31ClO6/c1-18(27)30-16-24(32-19(2)28)17-31-23-12-8-21(9-13-23)25(3,4)20-6-10-22(11-7-20)29-15-5-14-26/h6-13,24H,5,14-17H2,1-4H3. The van der Waals surface area contributed by atoms with Crippen LogP contribution in [0.25, 0.3) is 0 Å². The summed E-state index contributed by atoms with van der Waals surface area (Å²) in [6, 6.07) is 15.8. The summed E-state index contributed by atoms with van der Waals surface area (Å²) >= 11 is 5.69. The van der Waals surface area contributed by atoms with Gasteiger partial charge in [0.1, 0.15) is 24.7 Å². The van der Waals surface area contributed by atoms with E-state index >= 15 is 0 Å². The van der Waals surface area contributed by atoms with Crippen molar-refractivity contribution in [1.82, 2.24) is 0 Å². The lowest BCUT2D eigenvalue weighted by Crippen LogP contribution is -2.29. The fourth-order valence-electron chi connectivity index (χ4n) is 3.10. The average Bonchev–Trinajstić information content (AvgIpc) is 2.76. The number of carbonyl (C=O) groups excluding carboxylic acids is 2. The SMILES string of the molecule is CC(=O)OCC(COc1ccc(C(C)(C)c2ccc(OCCCCl)cc2)cc1)OC(C)=O. The van der Waals surface area contributed by atoms with Crippen molar-refractivity contribution in [3.05, 3.63) is 59.7 Å². The molecule has 0 spiro atoms. The van der Waals surface area contributed by atoms with Gasteiger partial charge in [0, 0.05) is 25.1 Å². The van der Waals surface area contributed by atoms with Crippen molar-refractivity contribution >= 4 is 23.5 Å². The van der Waals surface area contributed by atoms with E-state index in [2.05, 4.69) is 26.0 Å². The largest absolute Gasteiger partial charge is 0.494 e. The number of benzene rings is 2. The number of alkyl halides is 1. The Balaban J connectivity index is 2.00. The summed E-state index contributed by atoms with van der Waals surface area (Å²) in [6.45, 7) is 7.55. The van der Waals surface area contributed by atoms with E-state index in [1.807, 2.05) is 36.4 Å². The van der Waals surface area contributed by atoms with Crippen LogP contribution in [0, 0.1) is 0 Å². The van der Waals surface area contributed by atoms with E-state index in [9.17, 15) is 9.59 Å². The van der Waals surface area contributed by atoms with Crippen molar-refractivity contribution in [1.29, 1.82) is 0 Å². The summed E-state index contributed by atoms with van der Waals surface area (Å²) in [5.74, 6) is 1.14. The Morgan fingerprint density at radius 3 is 1.84 bits per heavy atom. The van der Waals surface area contributed by atoms with Gasteiger partial charge in [0.15, 0.2) is 6.10 Å². The average molecular weight is 463 g/mol. The first-order chi connectivity index (χ1) is 15.2. The van der Waals surface area contributed by atoms with Gasteiger partial charge in [0.25, 0.3) is 0 Å². The molecule has 0 aliphatic carbocycles. The number of carbonyl (C=O) groups is 2. The Hall–Kier alpha value is -2.73. The van der Waals surface area contributed by atoms with Gasteiger partial charge in [-0.15, -0.1) is 11.6 Å². The highest BCUT2D eigenvalue weighted by Crippen LogP contribution is 2.33. The zero-order valence-corrected chi connectivity index (χ0v) is 19.8. The van der Waals surface area contributed by atoms with Crippen LogP contribution in [0.3, 0.4) is 0 Å². The van der Waals surface area contributed by atoms with Crippen molar-refractivity contribution in [2.45, 2.75) is 45.6 Å². The molecule has 0 amide bonds. The Morgan fingerprint density at radius 1 is 0.844 bits per heavy atom. The van der Waals surface area contributed by atoms with Crippen LogP contribution in [-0.2, 0) is 24.5 Å². The van der Waals surface area contributed by atoms with Crippen LogP contribution in [0.15, 0.2) is 48.5 Å². The summed E-state index contributed by atoms with van der Waals surface area (Å²) in [4.78, 5) is 22.3. The van der Waals surface area contributed by atoms with Crippen molar-refractivity contribution in [3.8, 4) is 11.5 Å². The summed E-state index contributed by atoms with van der Waals surface area (Å²) in [5.41, 5.74) is 2.06. The zero-order chi connectivity index (χ0) is 23.6. The number of hydrogen-bond donors (Lipinski definition) is 0. The van der Waals surface area contributed by atoms with E-state index in [0.717, 1.165) is 23.3 Å². The summed E-state index contributed by atoms with van der Waals surface area (Å²) < 4.78 is 21.5. The van der Waals surface area contributed by atoms with Crippen molar-refractivity contribution < 1.29 is 28.5 Å². The summed E-state index contributed by atoms with van der Waals surface area (Å²) in [7, 11) is 0. The number of esters is 2. The lowest BCUT2D eigenvalue weighted by Gasteiger charge is -2.26. The van der Waals surface area contributed by atoms with Crippen molar-refractivity contribution in [2.24, 2.45) is 0 Å². The minimum absolute atomic E-state index is 0.0500. The normalized spacial score (nSPS) is 12.0. The minimum atomic E-state index is -0.669. The molecule has 7 heteroatoms. The molecular formula is C25H31ClO6. The molecule has 6 nitrogen and oxygen atoms in total. The number of hydrogen-bond acceptors (Lipinski definition) is 6. The smallest absolute Gasteiger partial charge is 0.303 e. The molecule has 0 radical (unpaired) electrons. The molecule has 2 aromatic carbocycles. The van der Waals surface area contributed by atoms with E-state index in [1.165, 1.54) is 13.8 Å². The third kappa shape index (κ3) is 8.08. The third-order valence-electron chi connectivity index (χ3n) is 4.94. The summed E-state index contributed by atoms with van der Waals surface area (Å²) in [5, 5.41) is 0. The molecule has 0 aromatic heterocycles. The van der Waals surface area contributed by atoms with E-state index in [4.69, 9.17) is 30.5 Å². The molecule has 1 unspecified atom stereocenters. The molecule has 0 saturated carbocycles. The van der Waals surface area contributed by atoms with Gasteiger partial charge in [0.05, 0.1) is 6.61 Å². The monoisotopic (exact) mass is 462 g/mol. The van der Waals surface area contributed by atoms with Crippen LogP contribution in [0.2, 0.25) is 0 Å². The molecular weight excluding hydrogens is 432 g/mol. The first-order valence-electron chi connectivity index (χ1n) is 10.6. The van der Waals surface area contributed by atoms with Crippen molar-refractivity contribution in [3.63, 3.8) is 0 Å². The third-order valence-corrected chi connectivity index (χ3v) is 5.21. The second kappa shape index (κ2) is 12.3. The highest BCUT2D eigenvalue weighted by atomic mass is 35.5. The fraction of sp³-hybridized carbons (Fsp3) is 0.440. The summed E-state index contributed by atoms with van der Waals surface area (Å²) in [6.07, 6.45) is 0.145. The maximum Gasteiger partial charge on any atom is 0.303 e. The molecule has 174 valence electrons. The molecule has 32 heavy (non-hydrogen) atoms. The minimum Gasteiger partial charge on any atom is -0.494 e. The zero-order valence-electron chi connectivity index (χ0n) is 19.1. The van der Waals surface area contributed by atoms with Gasteiger partial charge in [0.2, 0.25) is 0 Å². The molecule has 0 saturated heterocycles. The number of ether oxygens (including phenoxy) is 4. The maximum absolute atomic E-state index is 11.3. The number of halogens is 1. The van der Waals surface area contributed by atoms with Gasteiger partial charge in [-0.05, 0) is 41.8 Å². The van der Waals surface area contributed by atoms with E-state index in [0.29, 0.717) is 18.2 Å². The van der Waals surface area contributed by atoms with Crippen LogP contribution in [0.5, 0.6) is 11.5 Å². The van der Waals surface area contributed by atoms with Gasteiger partial charge in [-0.1, -0.05) is 38.1 Å². The Bertz CT molecular complexity index is 861. The molecule has 2 rings (SSSR count). The first-order valence-corrected chi connectivity index (χ1v) is 11.1. The van der Waals surface area contributed by atoms with Gasteiger partial charge in [-0.2, -0.15) is 0 Å². The Morgan fingerprint density at radius 2 is 1.38 bits per heavy atom. The topological polar surface area (TPSA) is 71.1 Å². The fourth-order valence-corrected chi connectivity index (χ4v) is 3.21. The van der Waals surface area contributed by atoms with Crippen LogP contribution in [0.1, 0.15) is 45.2 Å². The predicted molar refractivity (Wildman–Crippen MR) is 124 cm³/mol. The highest BCUT2D eigenvalue weighted by Gasteiger charge is 2.23. The van der Waals surface area contributed by atoms with Gasteiger partial charge < -0.3 is 18.9 Å². The molecule has 2 aromatic rings. The van der Waals surface area contributed by atoms with Crippen LogP contribution < -0.4 is 9.47 Å². The molecule has 1 atom stereocenters. The van der Waals surface area contributed by atoms with E-state index in [1.54, 1.807) is 0 Å². The highest BCUT2D eigenvalue weighted by molar-refractivity contribution is 6.17. The molecule has 0 bridgehead atoms. The predicted octanol–water partition coefficient (Wildman–Crippen LogP) is 4.89. The van der Waals surface area contributed by atoms with Gasteiger partial charge in [-0.25, -0.2) is 0 Å². The molecule has 0 aliphatic heterocycles. The van der Waals surface area contributed by atoms with Crippen LogP contribution in [-0.4, -0.2) is 43.7 Å². The Labute approximate surface area is 194 Å². The molecule has 0 fully saturated rings. The van der Waals surface area contributed by atoms with Gasteiger partial charge in [-0.3, -0.25) is 9.59 Å². The van der Waals surface area contributed by atoms with E-state index in [-0.39, 0.29) is 18.6 Å². The number of rotatable bonds is 12. The van der Waals surface area contributed by atoms with Crippen LogP contribution in [0.4, 0.5) is 0 Å². The van der Waals surface area contributed by atoms with E-state index < -0.39 is 18.0 Å². The second-order valence-electron chi connectivity index (χ2n) is 7.91. The lowest BCUT2D eigenvalue weighted by atomic mass is 9.78. The molecule has 0 heterocycles.